The van der Waals surface area contributed by atoms with Crippen LogP contribution in [0.1, 0.15) is 43.2 Å². The Morgan fingerprint density at radius 2 is 1.21 bits per heavy atom. The molecule has 2 nitrogen and oxygen atoms in total. The predicted octanol–water partition coefficient (Wildman–Crippen LogP) is 4.09. The lowest BCUT2D eigenvalue weighted by Crippen LogP contribution is -2.62. The molecular formula is C22H28NO+. The topological polar surface area (TPSA) is 20.2 Å². The average Bonchev–Trinajstić information content (AvgIpc) is 3.06. The molecule has 2 aliphatic heterocycles. The normalized spacial score (nSPS) is 23.5. The summed E-state index contributed by atoms with van der Waals surface area (Å²) in [5, 5.41) is 12.2. The molecule has 4 rings (SSSR count). The maximum Gasteiger partial charge on any atom is 0.166 e. The van der Waals surface area contributed by atoms with Crippen LogP contribution in [0.15, 0.2) is 60.7 Å². The summed E-state index contributed by atoms with van der Waals surface area (Å²) < 4.78 is 1.11. The molecule has 2 aliphatic rings. The first-order valence-electron chi connectivity index (χ1n) is 9.45. The van der Waals surface area contributed by atoms with Crippen molar-refractivity contribution < 1.29 is 9.59 Å². The van der Waals surface area contributed by atoms with E-state index in [1.807, 2.05) is 12.1 Å². The molecule has 1 N–H and O–H groups in total. The van der Waals surface area contributed by atoms with Gasteiger partial charge >= 0.3 is 0 Å². The largest absolute Gasteiger partial charge is 0.374 e. The van der Waals surface area contributed by atoms with Crippen LogP contribution in [0.5, 0.6) is 0 Å². The van der Waals surface area contributed by atoms with Gasteiger partial charge in [-0.25, -0.2) is 0 Å². The van der Waals surface area contributed by atoms with Gasteiger partial charge in [-0.1, -0.05) is 60.7 Å². The summed E-state index contributed by atoms with van der Waals surface area (Å²) in [6, 6.07) is 21.0. The van der Waals surface area contributed by atoms with Crippen molar-refractivity contribution in [3.05, 3.63) is 71.8 Å². The molecule has 126 valence electrons. The standard InChI is InChI=1S/C22H28NO/c24-22(19-11-4-1-5-12-19,20-13-6-2-7-14-20)21-15-10-18-23(21)16-8-3-9-17-23/h1-2,4-7,11-14,21,24H,3,8-10,15-18H2/q+1. The van der Waals surface area contributed by atoms with E-state index >= 15 is 0 Å². The Morgan fingerprint density at radius 3 is 1.75 bits per heavy atom. The van der Waals surface area contributed by atoms with Crippen molar-refractivity contribution >= 4 is 0 Å². The van der Waals surface area contributed by atoms with Crippen molar-refractivity contribution in [2.75, 3.05) is 19.6 Å². The van der Waals surface area contributed by atoms with Crippen LogP contribution < -0.4 is 0 Å². The van der Waals surface area contributed by atoms with E-state index in [9.17, 15) is 5.11 Å². The van der Waals surface area contributed by atoms with Gasteiger partial charge in [-0.05, 0) is 30.4 Å². The van der Waals surface area contributed by atoms with Gasteiger partial charge in [0.2, 0.25) is 0 Å². The zero-order chi connectivity index (χ0) is 16.5. The second kappa shape index (κ2) is 6.34. The molecule has 2 fully saturated rings. The number of piperidine rings is 1. The maximum atomic E-state index is 12.2. The molecule has 0 aliphatic carbocycles. The highest BCUT2D eigenvalue weighted by molar-refractivity contribution is 5.37. The van der Waals surface area contributed by atoms with E-state index in [0.29, 0.717) is 0 Å². The highest BCUT2D eigenvalue weighted by Crippen LogP contribution is 2.45. The molecule has 0 aromatic heterocycles. The van der Waals surface area contributed by atoms with Crippen molar-refractivity contribution in [2.24, 2.45) is 0 Å². The predicted molar refractivity (Wildman–Crippen MR) is 97.6 cm³/mol. The first kappa shape index (κ1) is 15.9. The minimum atomic E-state index is -0.892. The smallest absolute Gasteiger partial charge is 0.166 e. The van der Waals surface area contributed by atoms with Crippen molar-refractivity contribution in [2.45, 2.75) is 43.7 Å². The molecule has 2 saturated heterocycles. The molecule has 1 spiro atoms. The number of quaternary nitrogens is 1. The second-order valence-electron chi connectivity index (χ2n) is 7.61. The Morgan fingerprint density at radius 1 is 0.708 bits per heavy atom. The molecule has 2 heteroatoms. The fourth-order valence-electron chi connectivity index (χ4n) is 5.25. The Balaban J connectivity index is 1.84. The molecule has 0 amide bonds. The minimum absolute atomic E-state index is 0.266. The third-order valence-corrected chi connectivity index (χ3v) is 6.36. The van der Waals surface area contributed by atoms with Crippen LogP contribution in [-0.4, -0.2) is 35.3 Å². The minimum Gasteiger partial charge on any atom is -0.374 e. The molecule has 0 bridgehead atoms. The third kappa shape index (κ3) is 2.49. The van der Waals surface area contributed by atoms with E-state index in [1.165, 1.54) is 45.3 Å². The summed E-state index contributed by atoms with van der Waals surface area (Å²) in [5.74, 6) is 0. The van der Waals surface area contributed by atoms with Gasteiger partial charge in [0.25, 0.3) is 0 Å². The molecule has 24 heavy (non-hydrogen) atoms. The van der Waals surface area contributed by atoms with Gasteiger partial charge < -0.3 is 9.59 Å². The van der Waals surface area contributed by atoms with Crippen molar-refractivity contribution in [1.29, 1.82) is 0 Å². The number of hydrogen-bond donors (Lipinski definition) is 1. The number of benzene rings is 2. The van der Waals surface area contributed by atoms with Gasteiger partial charge in [-0.3, -0.25) is 0 Å². The van der Waals surface area contributed by atoms with Gasteiger partial charge in [0.15, 0.2) is 5.60 Å². The molecule has 2 heterocycles. The number of aliphatic hydroxyl groups is 1. The third-order valence-electron chi connectivity index (χ3n) is 6.36. The average molecular weight is 322 g/mol. The van der Waals surface area contributed by atoms with Crippen LogP contribution in [-0.2, 0) is 5.60 Å². The highest BCUT2D eigenvalue weighted by Gasteiger charge is 2.55. The Kier molecular flexibility index (Phi) is 4.19. The first-order chi connectivity index (χ1) is 11.8. The molecule has 0 radical (unpaired) electrons. The van der Waals surface area contributed by atoms with Gasteiger partial charge in [-0.15, -0.1) is 0 Å². The molecule has 1 unspecified atom stereocenters. The fraction of sp³-hybridized carbons (Fsp3) is 0.455. The van der Waals surface area contributed by atoms with E-state index in [1.54, 1.807) is 0 Å². The van der Waals surface area contributed by atoms with E-state index in [2.05, 4.69) is 48.5 Å². The Hall–Kier alpha value is -1.64. The second-order valence-corrected chi connectivity index (χ2v) is 7.61. The number of nitrogens with zero attached hydrogens (tertiary/aromatic N) is 1. The molecule has 0 saturated carbocycles. The molecular weight excluding hydrogens is 294 g/mol. The summed E-state index contributed by atoms with van der Waals surface area (Å²) in [6.45, 7) is 3.69. The number of rotatable bonds is 3. The van der Waals surface area contributed by atoms with Crippen LogP contribution in [0, 0.1) is 0 Å². The van der Waals surface area contributed by atoms with Gasteiger partial charge in [0, 0.05) is 12.8 Å². The summed E-state index contributed by atoms with van der Waals surface area (Å²) in [7, 11) is 0. The lowest BCUT2D eigenvalue weighted by Gasteiger charge is -2.49. The van der Waals surface area contributed by atoms with Crippen LogP contribution in [0.2, 0.25) is 0 Å². The monoisotopic (exact) mass is 322 g/mol. The SMILES string of the molecule is OC(c1ccccc1)(c1ccccc1)C1CCC[N+]12CCCCC2. The lowest BCUT2D eigenvalue weighted by molar-refractivity contribution is -0.950. The van der Waals surface area contributed by atoms with Crippen molar-refractivity contribution in [3.8, 4) is 0 Å². The Labute approximate surface area is 145 Å². The quantitative estimate of drug-likeness (QED) is 0.844. The lowest BCUT2D eigenvalue weighted by atomic mass is 9.77. The molecule has 1 atom stereocenters. The molecule has 2 aromatic carbocycles. The summed E-state index contributed by atoms with van der Waals surface area (Å²) in [4.78, 5) is 0. The molecule has 2 aromatic rings. The van der Waals surface area contributed by atoms with E-state index < -0.39 is 5.60 Å². The summed E-state index contributed by atoms with van der Waals surface area (Å²) >= 11 is 0. The summed E-state index contributed by atoms with van der Waals surface area (Å²) in [6.07, 6.45) is 6.29. The fourth-order valence-corrected chi connectivity index (χ4v) is 5.25. The van der Waals surface area contributed by atoms with Crippen LogP contribution >= 0.6 is 0 Å². The number of hydrogen-bond acceptors (Lipinski definition) is 1. The van der Waals surface area contributed by atoms with E-state index in [4.69, 9.17) is 0 Å². The van der Waals surface area contributed by atoms with E-state index in [0.717, 1.165) is 22.0 Å². The van der Waals surface area contributed by atoms with E-state index in [-0.39, 0.29) is 6.04 Å². The van der Waals surface area contributed by atoms with Crippen molar-refractivity contribution in [1.82, 2.24) is 0 Å². The van der Waals surface area contributed by atoms with Crippen LogP contribution in [0.3, 0.4) is 0 Å². The summed E-state index contributed by atoms with van der Waals surface area (Å²) in [5.41, 5.74) is 1.20. The van der Waals surface area contributed by atoms with Crippen LogP contribution in [0.25, 0.3) is 0 Å². The zero-order valence-electron chi connectivity index (χ0n) is 14.4. The first-order valence-corrected chi connectivity index (χ1v) is 9.45. The van der Waals surface area contributed by atoms with Gasteiger partial charge in [-0.2, -0.15) is 0 Å². The zero-order valence-corrected chi connectivity index (χ0v) is 14.4. The van der Waals surface area contributed by atoms with Gasteiger partial charge in [0.1, 0.15) is 6.04 Å². The Bertz CT molecular complexity index is 621. The highest BCUT2D eigenvalue weighted by atomic mass is 16.3. The van der Waals surface area contributed by atoms with Crippen molar-refractivity contribution in [3.63, 3.8) is 0 Å². The van der Waals surface area contributed by atoms with Gasteiger partial charge in [0.05, 0.1) is 19.6 Å². The maximum absolute atomic E-state index is 12.2. The van der Waals surface area contributed by atoms with Crippen LogP contribution in [0.4, 0.5) is 0 Å².